The van der Waals surface area contributed by atoms with Crippen molar-refractivity contribution in [3.8, 4) is 0 Å². The predicted molar refractivity (Wildman–Crippen MR) is 47.2 cm³/mol. The van der Waals surface area contributed by atoms with Crippen LogP contribution in [-0.4, -0.2) is 61.3 Å². The third-order valence-corrected chi connectivity index (χ3v) is 2.00. The highest BCUT2D eigenvalue weighted by atomic mass is 16.5. The zero-order valence-electron chi connectivity index (χ0n) is 8.04. The molecule has 14 heavy (non-hydrogen) atoms. The summed E-state index contributed by atoms with van der Waals surface area (Å²) in [5.41, 5.74) is 0. The summed E-state index contributed by atoms with van der Waals surface area (Å²) in [5.74, 6) is -2.45. The second-order valence-electron chi connectivity index (χ2n) is 3.31. The summed E-state index contributed by atoms with van der Waals surface area (Å²) in [5, 5.41) is 54.3. The van der Waals surface area contributed by atoms with E-state index in [1.165, 1.54) is 0 Å². The first-order valence-corrected chi connectivity index (χ1v) is 4.46. The van der Waals surface area contributed by atoms with Crippen LogP contribution >= 0.6 is 0 Å². The number of aliphatic hydroxyl groups is 6. The number of aliphatic hydroxyl groups excluding tert-OH is 4. The summed E-state index contributed by atoms with van der Waals surface area (Å²) in [7, 11) is 0. The molecule has 0 saturated carbocycles. The summed E-state index contributed by atoms with van der Waals surface area (Å²) in [6.45, 7) is 0.906. The smallest absolute Gasteiger partial charge is 0.192 e. The number of hydrogen-bond acceptors (Lipinski definition) is 6. The Morgan fingerprint density at radius 1 is 1.14 bits per heavy atom. The van der Waals surface area contributed by atoms with Gasteiger partial charge >= 0.3 is 0 Å². The van der Waals surface area contributed by atoms with Crippen LogP contribution < -0.4 is 0 Å². The quantitative estimate of drug-likeness (QED) is 0.270. The fourth-order valence-electron chi connectivity index (χ4n) is 1.11. The third-order valence-electron chi connectivity index (χ3n) is 2.00. The molecule has 6 nitrogen and oxygen atoms in total. The van der Waals surface area contributed by atoms with E-state index < -0.39 is 30.7 Å². The fourth-order valence-corrected chi connectivity index (χ4v) is 1.11. The predicted octanol–water partition coefficient (Wildman–Crippen LogP) is -2.46. The molecule has 0 aliphatic heterocycles. The minimum absolute atomic E-state index is 0.136. The zero-order chi connectivity index (χ0) is 11.4. The van der Waals surface area contributed by atoms with Gasteiger partial charge in [0.1, 0.15) is 18.3 Å². The van der Waals surface area contributed by atoms with Crippen molar-refractivity contribution in [3.05, 3.63) is 0 Å². The molecule has 0 spiro atoms. The van der Waals surface area contributed by atoms with Gasteiger partial charge in [0.2, 0.25) is 0 Å². The van der Waals surface area contributed by atoms with Crippen molar-refractivity contribution in [1.29, 1.82) is 0 Å². The average Bonchev–Trinajstić information content (AvgIpc) is 2.14. The molecular weight excluding hydrogens is 192 g/mol. The van der Waals surface area contributed by atoms with Gasteiger partial charge in [0.05, 0.1) is 6.61 Å². The van der Waals surface area contributed by atoms with Gasteiger partial charge < -0.3 is 30.6 Å². The van der Waals surface area contributed by atoms with Crippen LogP contribution in [0.5, 0.6) is 0 Å². The van der Waals surface area contributed by atoms with Gasteiger partial charge in [-0.2, -0.15) is 0 Å². The Labute approximate surface area is 82.1 Å². The Morgan fingerprint density at radius 2 is 1.64 bits per heavy atom. The molecule has 6 heteroatoms. The number of hydrogen-bond donors (Lipinski definition) is 6. The molecule has 86 valence electrons. The molecule has 0 amide bonds. The van der Waals surface area contributed by atoms with Crippen molar-refractivity contribution in [2.24, 2.45) is 0 Å². The Kier molecular flexibility index (Phi) is 5.50. The Hall–Kier alpha value is -0.240. The Balaban J connectivity index is 4.35. The van der Waals surface area contributed by atoms with Crippen molar-refractivity contribution >= 4 is 0 Å². The lowest BCUT2D eigenvalue weighted by Crippen LogP contribution is -2.53. The monoisotopic (exact) mass is 210 g/mol. The highest BCUT2D eigenvalue weighted by Crippen LogP contribution is 2.18. The Bertz CT molecular complexity index is 160. The molecule has 0 aromatic heterocycles. The topological polar surface area (TPSA) is 121 Å². The van der Waals surface area contributed by atoms with Gasteiger partial charge in [-0.15, -0.1) is 0 Å². The van der Waals surface area contributed by atoms with E-state index in [9.17, 15) is 15.3 Å². The molecule has 0 fully saturated rings. The van der Waals surface area contributed by atoms with Gasteiger partial charge in [-0.3, -0.25) is 0 Å². The molecule has 0 aromatic carbocycles. The highest BCUT2D eigenvalue weighted by Gasteiger charge is 2.39. The average molecular weight is 210 g/mol. The first kappa shape index (κ1) is 13.8. The summed E-state index contributed by atoms with van der Waals surface area (Å²) in [6, 6.07) is 0. The van der Waals surface area contributed by atoms with Crippen LogP contribution in [0, 0.1) is 0 Å². The van der Waals surface area contributed by atoms with E-state index in [4.69, 9.17) is 15.3 Å². The highest BCUT2D eigenvalue weighted by molar-refractivity contribution is 4.84. The molecule has 3 atom stereocenters. The van der Waals surface area contributed by atoms with Crippen LogP contribution in [0.1, 0.15) is 19.8 Å². The molecule has 0 radical (unpaired) electrons. The van der Waals surface area contributed by atoms with Crippen molar-refractivity contribution in [3.63, 3.8) is 0 Å². The van der Waals surface area contributed by atoms with Gasteiger partial charge in [0.25, 0.3) is 0 Å². The van der Waals surface area contributed by atoms with E-state index >= 15 is 0 Å². The molecular formula is C8H18O6. The normalized spacial score (nSPS) is 19.1. The molecule has 0 rings (SSSR count). The minimum atomic E-state index is -2.45. The standard InChI is InChI=1S/C8H18O6/c1-2-3-8(13,14)7(12)6(11)5(10)4-9/h5-7,9-14H,2-4H2,1H3/t5-,6+,7-/m1/s1. The lowest BCUT2D eigenvalue weighted by Gasteiger charge is -2.32. The van der Waals surface area contributed by atoms with Crippen molar-refractivity contribution in [1.82, 2.24) is 0 Å². The maximum Gasteiger partial charge on any atom is 0.192 e. The van der Waals surface area contributed by atoms with E-state index in [2.05, 4.69) is 0 Å². The van der Waals surface area contributed by atoms with Crippen molar-refractivity contribution in [2.45, 2.75) is 43.9 Å². The lowest BCUT2D eigenvalue weighted by atomic mass is 9.97. The van der Waals surface area contributed by atoms with Crippen LogP contribution in [0.3, 0.4) is 0 Å². The summed E-state index contributed by atoms with van der Waals surface area (Å²) in [4.78, 5) is 0. The first-order chi connectivity index (χ1) is 6.36. The van der Waals surface area contributed by atoms with Gasteiger partial charge in [0, 0.05) is 6.42 Å². The van der Waals surface area contributed by atoms with Crippen LogP contribution in [0.15, 0.2) is 0 Å². The largest absolute Gasteiger partial charge is 0.394 e. The van der Waals surface area contributed by atoms with E-state index in [0.717, 1.165) is 0 Å². The summed E-state index contributed by atoms with van der Waals surface area (Å²) in [6.07, 6.45) is -5.04. The van der Waals surface area contributed by atoms with E-state index in [0.29, 0.717) is 6.42 Å². The molecule has 0 bridgehead atoms. The summed E-state index contributed by atoms with van der Waals surface area (Å²) >= 11 is 0. The molecule has 0 aliphatic carbocycles. The molecule has 0 unspecified atom stereocenters. The van der Waals surface area contributed by atoms with Gasteiger partial charge in [-0.25, -0.2) is 0 Å². The Morgan fingerprint density at radius 3 is 2.00 bits per heavy atom. The van der Waals surface area contributed by atoms with Crippen LogP contribution in [0.2, 0.25) is 0 Å². The fraction of sp³-hybridized carbons (Fsp3) is 1.00. The van der Waals surface area contributed by atoms with Crippen molar-refractivity contribution < 1.29 is 30.6 Å². The van der Waals surface area contributed by atoms with Gasteiger partial charge in [0.15, 0.2) is 5.79 Å². The summed E-state index contributed by atoms with van der Waals surface area (Å²) < 4.78 is 0. The SMILES string of the molecule is CCCC(O)(O)[C@H](O)[C@@H](O)[C@H](O)CO. The maximum absolute atomic E-state index is 9.26. The molecule has 0 aliphatic rings. The number of rotatable bonds is 6. The van der Waals surface area contributed by atoms with Crippen molar-refractivity contribution in [2.75, 3.05) is 6.61 Å². The first-order valence-electron chi connectivity index (χ1n) is 4.46. The maximum atomic E-state index is 9.26. The van der Waals surface area contributed by atoms with Crippen LogP contribution in [-0.2, 0) is 0 Å². The second kappa shape index (κ2) is 5.59. The van der Waals surface area contributed by atoms with Gasteiger partial charge in [-0.1, -0.05) is 13.3 Å². The van der Waals surface area contributed by atoms with Crippen LogP contribution in [0.25, 0.3) is 0 Å². The van der Waals surface area contributed by atoms with E-state index in [1.807, 2.05) is 0 Å². The molecule has 6 N–H and O–H groups in total. The van der Waals surface area contributed by atoms with Crippen LogP contribution in [0.4, 0.5) is 0 Å². The van der Waals surface area contributed by atoms with E-state index in [-0.39, 0.29) is 6.42 Å². The minimum Gasteiger partial charge on any atom is -0.394 e. The zero-order valence-corrected chi connectivity index (χ0v) is 8.04. The second-order valence-corrected chi connectivity index (χ2v) is 3.31. The molecule has 0 heterocycles. The molecule has 0 aromatic rings. The van der Waals surface area contributed by atoms with E-state index in [1.54, 1.807) is 6.92 Å². The third kappa shape index (κ3) is 3.49. The lowest BCUT2D eigenvalue weighted by molar-refractivity contribution is -0.261. The van der Waals surface area contributed by atoms with Gasteiger partial charge in [-0.05, 0) is 0 Å². The molecule has 0 saturated heterocycles.